The van der Waals surface area contributed by atoms with E-state index in [0.717, 1.165) is 0 Å². The van der Waals surface area contributed by atoms with Gasteiger partial charge in [0, 0.05) is 12.6 Å². The number of nitro benzene ring substituents is 1. The van der Waals surface area contributed by atoms with Crippen molar-refractivity contribution in [3.8, 4) is 0 Å². The third kappa shape index (κ3) is 3.15. The van der Waals surface area contributed by atoms with Gasteiger partial charge in [-0.15, -0.1) is 0 Å². The third-order valence-electron chi connectivity index (χ3n) is 2.40. The highest BCUT2D eigenvalue weighted by Gasteiger charge is 2.19. The predicted molar refractivity (Wildman–Crippen MR) is 63.8 cm³/mol. The Balaban J connectivity index is 2.02. The molecule has 0 atom stereocenters. The molecule has 0 radical (unpaired) electrons. The Kier molecular flexibility index (Phi) is 4.35. The van der Waals surface area contributed by atoms with Crippen molar-refractivity contribution in [2.45, 2.75) is 6.43 Å². The molecule has 0 fully saturated rings. The van der Waals surface area contributed by atoms with Gasteiger partial charge < -0.3 is 10.1 Å². The summed E-state index contributed by atoms with van der Waals surface area (Å²) in [5, 5.41) is 20.7. The van der Waals surface area contributed by atoms with Crippen molar-refractivity contribution in [2.24, 2.45) is 0 Å². The van der Waals surface area contributed by atoms with Crippen LogP contribution in [0.15, 0.2) is 16.8 Å². The molecule has 0 aliphatic carbocycles. The molecule has 0 amide bonds. The molecule has 20 heavy (non-hydrogen) atoms. The van der Waals surface area contributed by atoms with E-state index in [-0.39, 0.29) is 29.9 Å². The molecule has 0 spiro atoms. The van der Waals surface area contributed by atoms with Gasteiger partial charge in [-0.1, -0.05) is 0 Å². The minimum absolute atomic E-state index is 0.0218. The maximum Gasteiger partial charge on any atom is 0.300 e. The normalized spacial score (nSPS) is 11.2. The number of hydrogen-bond acceptors (Lipinski definition) is 7. The van der Waals surface area contributed by atoms with Crippen LogP contribution in [0.2, 0.25) is 0 Å². The van der Waals surface area contributed by atoms with Gasteiger partial charge in [0.05, 0.1) is 17.2 Å². The van der Waals surface area contributed by atoms with Crippen molar-refractivity contribution in [3.05, 3.63) is 22.2 Å². The van der Waals surface area contributed by atoms with Crippen LogP contribution in [0.5, 0.6) is 0 Å². The maximum atomic E-state index is 11.8. The number of alkyl halides is 2. The Morgan fingerprint density at radius 2 is 2.15 bits per heavy atom. The molecular weight excluding hydrogens is 278 g/mol. The van der Waals surface area contributed by atoms with Gasteiger partial charge in [-0.3, -0.25) is 10.1 Å². The van der Waals surface area contributed by atoms with Crippen molar-refractivity contribution in [2.75, 3.05) is 25.1 Å². The number of benzene rings is 1. The van der Waals surface area contributed by atoms with E-state index in [1.165, 1.54) is 12.1 Å². The number of nitro groups is 1. The number of non-ortho nitro benzene ring substituents is 1. The van der Waals surface area contributed by atoms with Gasteiger partial charge in [0.25, 0.3) is 6.43 Å². The van der Waals surface area contributed by atoms with Gasteiger partial charge in [0.1, 0.15) is 6.61 Å². The second kappa shape index (κ2) is 6.19. The number of nitrogens with zero attached hydrogens (tertiary/aromatic N) is 3. The van der Waals surface area contributed by atoms with E-state index in [2.05, 4.69) is 20.3 Å². The Hall–Kier alpha value is -2.36. The zero-order valence-corrected chi connectivity index (χ0v) is 10.1. The molecule has 2 aromatic rings. The van der Waals surface area contributed by atoms with Crippen LogP contribution in [-0.2, 0) is 4.74 Å². The van der Waals surface area contributed by atoms with Gasteiger partial charge in [0.2, 0.25) is 5.52 Å². The first-order valence-corrected chi connectivity index (χ1v) is 5.59. The molecule has 1 N–H and O–H groups in total. The lowest BCUT2D eigenvalue weighted by molar-refractivity contribution is -0.383. The average molecular weight is 288 g/mol. The molecule has 0 aliphatic heterocycles. The summed E-state index contributed by atoms with van der Waals surface area (Å²) >= 11 is 0. The maximum absolute atomic E-state index is 11.8. The second-order valence-corrected chi connectivity index (χ2v) is 3.74. The first-order valence-electron chi connectivity index (χ1n) is 5.59. The van der Waals surface area contributed by atoms with Crippen LogP contribution in [0.1, 0.15) is 0 Å². The van der Waals surface area contributed by atoms with Crippen LogP contribution in [0, 0.1) is 10.1 Å². The number of nitrogens with one attached hydrogen (secondary N) is 1. The average Bonchev–Trinajstić information content (AvgIpc) is 2.86. The van der Waals surface area contributed by atoms with Crippen molar-refractivity contribution < 1.29 is 23.1 Å². The van der Waals surface area contributed by atoms with E-state index in [4.69, 9.17) is 4.74 Å². The summed E-state index contributed by atoms with van der Waals surface area (Å²) in [6.45, 7) is -0.330. The number of aromatic nitrogens is 2. The number of ether oxygens (including phenoxy) is 1. The predicted octanol–water partition coefficient (Wildman–Crippen LogP) is 1.82. The summed E-state index contributed by atoms with van der Waals surface area (Å²) in [6.07, 6.45) is -2.51. The molecule has 0 aliphatic rings. The highest BCUT2D eigenvalue weighted by molar-refractivity contribution is 5.93. The molecule has 0 saturated carbocycles. The van der Waals surface area contributed by atoms with Gasteiger partial charge >= 0.3 is 5.69 Å². The third-order valence-corrected chi connectivity index (χ3v) is 2.40. The zero-order valence-electron chi connectivity index (χ0n) is 10.1. The minimum atomic E-state index is -2.51. The monoisotopic (exact) mass is 288 g/mol. The molecule has 1 aromatic heterocycles. The first-order chi connectivity index (χ1) is 9.59. The van der Waals surface area contributed by atoms with Crippen LogP contribution in [-0.4, -0.2) is 41.4 Å². The molecule has 0 unspecified atom stereocenters. The molecule has 1 heterocycles. The Labute approximate surface area is 110 Å². The van der Waals surface area contributed by atoms with Gasteiger partial charge in [0.15, 0.2) is 5.52 Å². The fraction of sp³-hybridized carbons (Fsp3) is 0.400. The number of hydrogen-bond donors (Lipinski definition) is 1. The molecule has 10 heteroatoms. The molecular formula is C10H10F2N4O4. The van der Waals surface area contributed by atoms with Crippen LogP contribution in [0.3, 0.4) is 0 Å². The summed E-state index contributed by atoms with van der Waals surface area (Å²) in [4.78, 5) is 10.2. The minimum Gasteiger partial charge on any atom is -0.381 e. The molecule has 2 rings (SSSR count). The van der Waals surface area contributed by atoms with E-state index in [1.54, 1.807) is 0 Å². The molecule has 108 valence electrons. The van der Waals surface area contributed by atoms with Crippen LogP contribution >= 0.6 is 0 Å². The fourth-order valence-corrected chi connectivity index (χ4v) is 1.57. The van der Waals surface area contributed by atoms with E-state index in [9.17, 15) is 18.9 Å². The van der Waals surface area contributed by atoms with Crippen molar-refractivity contribution in [1.82, 2.24) is 10.3 Å². The summed E-state index contributed by atoms with van der Waals surface area (Å²) in [7, 11) is 0. The van der Waals surface area contributed by atoms with Crippen molar-refractivity contribution in [3.63, 3.8) is 0 Å². The molecule has 0 bridgehead atoms. The lowest BCUT2D eigenvalue weighted by Gasteiger charge is -2.07. The molecule has 0 saturated heterocycles. The van der Waals surface area contributed by atoms with Gasteiger partial charge in [-0.05, 0) is 16.4 Å². The van der Waals surface area contributed by atoms with Crippen LogP contribution < -0.4 is 5.32 Å². The van der Waals surface area contributed by atoms with Gasteiger partial charge in [-0.2, -0.15) is 0 Å². The van der Waals surface area contributed by atoms with E-state index in [0.29, 0.717) is 5.69 Å². The zero-order chi connectivity index (χ0) is 14.5. The van der Waals surface area contributed by atoms with E-state index in [1.807, 2.05) is 0 Å². The molecule has 8 nitrogen and oxygen atoms in total. The van der Waals surface area contributed by atoms with E-state index >= 15 is 0 Å². The largest absolute Gasteiger partial charge is 0.381 e. The van der Waals surface area contributed by atoms with Crippen LogP contribution in [0.25, 0.3) is 11.0 Å². The highest BCUT2D eigenvalue weighted by Crippen LogP contribution is 2.28. The Bertz CT molecular complexity index is 604. The van der Waals surface area contributed by atoms with Crippen molar-refractivity contribution in [1.29, 1.82) is 0 Å². The number of rotatable bonds is 7. The van der Waals surface area contributed by atoms with Crippen molar-refractivity contribution >= 4 is 22.4 Å². The van der Waals surface area contributed by atoms with Crippen LogP contribution in [0.4, 0.5) is 20.2 Å². The fourth-order valence-electron chi connectivity index (χ4n) is 1.57. The topological polar surface area (TPSA) is 103 Å². The Morgan fingerprint density at radius 1 is 1.40 bits per heavy atom. The summed E-state index contributed by atoms with van der Waals surface area (Å²) in [5.74, 6) is 0. The van der Waals surface area contributed by atoms with E-state index < -0.39 is 18.0 Å². The number of halogens is 2. The lowest BCUT2D eigenvalue weighted by Crippen LogP contribution is -2.13. The quantitative estimate of drug-likeness (QED) is 0.471. The number of fused-ring (bicyclic) bond motifs is 1. The SMILES string of the molecule is O=[N+]([O-])c1ccc(NCCOCC(F)F)c2nonc12. The van der Waals surface area contributed by atoms with Gasteiger partial charge in [-0.25, -0.2) is 13.4 Å². The summed E-state index contributed by atoms with van der Waals surface area (Å²) in [6, 6.07) is 2.70. The standard InChI is InChI=1S/C10H10F2N4O4/c11-8(12)5-19-4-3-13-6-1-2-7(16(17)18)10-9(6)14-20-15-10/h1-2,8,13H,3-5H2. The summed E-state index contributed by atoms with van der Waals surface area (Å²) in [5.41, 5.74) is 0.454. The molecule has 1 aromatic carbocycles. The first kappa shape index (κ1) is 14.1. The smallest absolute Gasteiger partial charge is 0.300 e. The Morgan fingerprint density at radius 3 is 2.85 bits per heavy atom. The summed E-state index contributed by atoms with van der Waals surface area (Å²) < 4.78 is 32.8. The number of anilines is 1. The lowest BCUT2D eigenvalue weighted by atomic mass is 10.2. The highest BCUT2D eigenvalue weighted by atomic mass is 19.3. The second-order valence-electron chi connectivity index (χ2n) is 3.74.